The molecule has 0 unspecified atom stereocenters. The molecule has 0 amide bonds. The molecule has 0 spiro atoms. The third-order valence-corrected chi connectivity index (χ3v) is 2.12. The van der Waals surface area contributed by atoms with Crippen molar-refractivity contribution in [3.8, 4) is 0 Å². The molecule has 4 nitrogen and oxygen atoms in total. The van der Waals surface area contributed by atoms with Gasteiger partial charge in [0.05, 0.1) is 0 Å². The van der Waals surface area contributed by atoms with Crippen LogP contribution in [0.5, 0.6) is 0 Å². The van der Waals surface area contributed by atoms with E-state index >= 15 is 0 Å². The van der Waals surface area contributed by atoms with Gasteiger partial charge in [0.15, 0.2) is 0 Å². The number of carbonyl (C=O) groups is 1. The zero-order valence-electron chi connectivity index (χ0n) is 9.06. The van der Waals surface area contributed by atoms with Gasteiger partial charge in [-0.25, -0.2) is 0 Å². The second-order valence-electron chi connectivity index (χ2n) is 3.46. The molecule has 0 aliphatic heterocycles. The van der Waals surface area contributed by atoms with Crippen LogP contribution < -0.4 is 4.90 Å². The number of benzene rings is 1. The van der Waals surface area contributed by atoms with Crippen molar-refractivity contribution in [2.45, 2.75) is 6.92 Å². The second kappa shape index (κ2) is 4.59. The molecule has 0 aliphatic rings. The number of nitrogens with zero attached hydrogens (tertiary/aromatic N) is 2. The maximum absolute atomic E-state index is 11.6. The predicted octanol–water partition coefficient (Wildman–Crippen LogP) is 1.79. The van der Waals surface area contributed by atoms with E-state index in [1.54, 1.807) is 12.1 Å². The summed E-state index contributed by atoms with van der Waals surface area (Å²) < 4.78 is 0. The first kappa shape index (κ1) is 11.2. The molecule has 0 atom stereocenters. The molecular formula is C11H14N2O2. The third kappa shape index (κ3) is 2.56. The fraction of sp³-hybridized carbons (Fsp3) is 0.273. The van der Waals surface area contributed by atoms with Gasteiger partial charge in [0.25, 0.3) is 0 Å². The Balaban J connectivity index is 2.94. The normalized spacial score (nSPS) is 11.3. The summed E-state index contributed by atoms with van der Waals surface area (Å²) in [6, 6.07) is 7.12. The highest BCUT2D eigenvalue weighted by Gasteiger charge is 2.09. The largest absolute Gasteiger partial charge is 0.411 e. The molecule has 0 bridgehead atoms. The van der Waals surface area contributed by atoms with E-state index in [0.717, 1.165) is 5.69 Å². The Morgan fingerprint density at radius 3 is 2.20 bits per heavy atom. The van der Waals surface area contributed by atoms with E-state index < -0.39 is 0 Å². The lowest BCUT2D eigenvalue weighted by atomic mass is 10.1. The van der Waals surface area contributed by atoms with E-state index in [0.29, 0.717) is 5.56 Å². The van der Waals surface area contributed by atoms with Crippen molar-refractivity contribution in [3.63, 3.8) is 0 Å². The van der Waals surface area contributed by atoms with Crippen LogP contribution in [0.25, 0.3) is 0 Å². The summed E-state index contributed by atoms with van der Waals surface area (Å²) in [6.07, 6.45) is 0. The van der Waals surface area contributed by atoms with Crippen molar-refractivity contribution >= 4 is 17.2 Å². The molecule has 0 saturated heterocycles. The molecule has 80 valence electrons. The molecule has 0 saturated carbocycles. The Labute approximate surface area is 88.8 Å². The zero-order chi connectivity index (χ0) is 11.4. The van der Waals surface area contributed by atoms with Gasteiger partial charge in [-0.1, -0.05) is 5.16 Å². The van der Waals surface area contributed by atoms with Crippen LogP contribution >= 0.6 is 0 Å². The van der Waals surface area contributed by atoms with E-state index in [9.17, 15) is 4.79 Å². The summed E-state index contributed by atoms with van der Waals surface area (Å²) in [6.45, 7) is 1.47. The van der Waals surface area contributed by atoms with Crippen LogP contribution in [0, 0.1) is 0 Å². The van der Waals surface area contributed by atoms with Gasteiger partial charge in [0, 0.05) is 25.3 Å². The average molecular weight is 206 g/mol. The minimum absolute atomic E-state index is 0.0904. The van der Waals surface area contributed by atoms with Gasteiger partial charge in [0.2, 0.25) is 5.78 Å². The fourth-order valence-electron chi connectivity index (χ4n) is 1.17. The zero-order valence-corrected chi connectivity index (χ0v) is 9.06. The monoisotopic (exact) mass is 206 g/mol. The van der Waals surface area contributed by atoms with Crippen LogP contribution in [0.2, 0.25) is 0 Å². The van der Waals surface area contributed by atoms with Crippen LogP contribution in [0.1, 0.15) is 17.3 Å². The van der Waals surface area contributed by atoms with Crippen molar-refractivity contribution in [2.24, 2.45) is 5.16 Å². The molecule has 0 aliphatic carbocycles. The summed E-state index contributed by atoms with van der Waals surface area (Å²) >= 11 is 0. The number of oxime groups is 1. The molecule has 4 heteroatoms. The summed E-state index contributed by atoms with van der Waals surface area (Å²) in [5.41, 5.74) is 1.63. The van der Waals surface area contributed by atoms with Gasteiger partial charge >= 0.3 is 0 Å². The van der Waals surface area contributed by atoms with Crippen molar-refractivity contribution in [1.82, 2.24) is 0 Å². The summed E-state index contributed by atoms with van der Waals surface area (Å²) in [4.78, 5) is 13.5. The smallest absolute Gasteiger partial charge is 0.210 e. The highest BCUT2D eigenvalue weighted by atomic mass is 16.4. The lowest BCUT2D eigenvalue weighted by Gasteiger charge is -2.12. The summed E-state index contributed by atoms with van der Waals surface area (Å²) in [5.74, 6) is -0.261. The molecule has 0 aromatic heterocycles. The van der Waals surface area contributed by atoms with E-state index in [2.05, 4.69) is 5.16 Å². The van der Waals surface area contributed by atoms with Gasteiger partial charge in [-0.2, -0.15) is 0 Å². The van der Waals surface area contributed by atoms with E-state index in [1.807, 2.05) is 31.1 Å². The summed E-state index contributed by atoms with van der Waals surface area (Å²) in [5, 5.41) is 11.3. The minimum atomic E-state index is -0.261. The van der Waals surface area contributed by atoms with Gasteiger partial charge < -0.3 is 10.1 Å². The SMILES string of the molecule is C/C(=N\O)C(=O)c1ccc(N(C)C)cc1. The number of hydrogen-bond donors (Lipinski definition) is 1. The van der Waals surface area contributed by atoms with Crippen LogP contribution in [-0.4, -0.2) is 30.8 Å². The Kier molecular flexibility index (Phi) is 3.44. The fourth-order valence-corrected chi connectivity index (χ4v) is 1.17. The molecule has 1 aromatic carbocycles. The van der Waals surface area contributed by atoms with Gasteiger partial charge in [-0.15, -0.1) is 0 Å². The first-order valence-corrected chi connectivity index (χ1v) is 4.57. The predicted molar refractivity (Wildman–Crippen MR) is 60.0 cm³/mol. The Bertz CT molecular complexity index is 380. The van der Waals surface area contributed by atoms with Crippen LogP contribution in [0.15, 0.2) is 29.4 Å². The third-order valence-electron chi connectivity index (χ3n) is 2.12. The van der Waals surface area contributed by atoms with Crippen LogP contribution in [0.3, 0.4) is 0 Å². The lowest BCUT2D eigenvalue weighted by Crippen LogP contribution is -2.12. The quantitative estimate of drug-likeness (QED) is 0.355. The van der Waals surface area contributed by atoms with Gasteiger partial charge in [-0.05, 0) is 31.2 Å². The molecule has 1 aromatic rings. The second-order valence-corrected chi connectivity index (χ2v) is 3.46. The van der Waals surface area contributed by atoms with Crippen LogP contribution in [0.4, 0.5) is 5.69 Å². The topological polar surface area (TPSA) is 52.9 Å². The van der Waals surface area contributed by atoms with E-state index in [-0.39, 0.29) is 11.5 Å². The van der Waals surface area contributed by atoms with Gasteiger partial charge in [-0.3, -0.25) is 4.79 Å². The number of rotatable bonds is 3. The highest BCUT2D eigenvalue weighted by Crippen LogP contribution is 2.12. The van der Waals surface area contributed by atoms with E-state index in [4.69, 9.17) is 5.21 Å². The number of hydrogen-bond acceptors (Lipinski definition) is 4. The molecule has 0 heterocycles. The number of anilines is 1. The van der Waals surface area contributed by atoms with Crippen molar-refractivity contribution in [2.75, 3.05) is 19.0 Å². The molecule has 1 N–H and O–H groups in total. The van der Waals surface area contributed by atoms with Crippen molar-refractivity contribution < 1.29 is 10.0 Å². The first-order valence-electron chi connectivity index (χ1n) is 4.57. The number of Topliss-reactive ketones (excluding diaryl/α,β-unsaturated/α-hetero) is 1. The Hall–Kier alpha value is -1.84. The molecule has 15 heavy (non-hydrogen) atoms. The minimum Gasteiger partial charge on any atom is -0.411 e. The molecule has 1 rings (SSSR count). The van der Waals surface area contributed by atoms with Crippen molar-refractivity contribution in [3.05, 3.63) is 29.8 Å². The number of carbonyl (C=O) groups excluding carboxylic acids is 1. The Morgan fingerprint density at radius 1 is 1.27 bits per heavy atom. The van der Waals surface area contributed by atoms with Gasteiger partial charge in [0.1, 0.15) is 5.71 Å². The van der Waals surface area contributed by atoms with Crippen molar-refractivity contribution in [1.29, 1.82) is 0 Å². The lowest BCUT2D eigenvalue weighted by molar-refractivity contribution is 0.106. The Morgan fingerprint density at radius 2 is 1.80 bits per heavy atom. The maximum Gasteiger partial charge on any atom is 0.210 e. The average Bonchev–Trinajstić information content (AvgIpc) is 2.27. The summed E-state index contributed by atoms with van der Waals surface area (Å²) in [7, 11) is 3.86. The van der Waals surface area contributed by atoms with Crippen LogP contribution in [-0.2, 0) is 0 Å². The highest BCUT2D eigenvalue weighted by molar-refractivity contribution is 6.45. The standard InChI is InChI=1S/C11H14N2O2/c1-8(12-15)11(14)9-4-6-10(7-5-9)13(2)3/h4-7,15H,1-3H3/b12-8+. The molecule has 0 fully saturated rings. The molecule has 0 radical (unpaired) electrons. The molecular weight excluding hydrogens is 192 g/mol. The van der Waals surface area contributed by atoms with E-state index in [1.165, 1.54) is 6.92 Å². The number of ketones is 1. The maximum atomic E-state index is 11.6. The first-order chi connectivity index (χ1) is 7.06.